The van der Waals surface area contributed by atoms with Gasteiger partial charge in [-0.15, -0.1) is 12.4 Å². The van der Waals surface area contributed by atoms with Crippen molar-refractivity contribution in [3.63, 3.8) is 0 Å². The summed E-state index contributed by atoms with van der Waals surface area (Å²) < 4.78 is 13.2. The first-order valence-corrected chi connectivity index (χ1v) is 5.12. The smallest absolute Gasteiger partial charge is 0.317 e. The summed E-state index contributed by atoms with van der Waals surface area (Å²) >= 11 is 0. The van der Waals surface area contributed by atoms with E-state index in [4.69, 9.17) is 5.73 Å². The molecule has 17 heavy (non-hydrogen) atoms. The summed E-state index contributed by atoms with van der Waals surface area (Å²) in [4.78, 5) is 12.9. The fourth-order valence-electron chi connectivity index (χ4n) is 1.97. The summed E-state index contributed by atoms with van der Waals surface area (Å²) in [6, 6.07) is 4.22. The maximum absolute atomic E-state index is 13.2. The quantitative estimate of drug-likeness (QED) is 0.844. The molecule has 1 saturated heterocycles. The van der Waals surface area contributed by atoms with Crippen LogP contribution in [-0.4, -0.2) is 24.5 Å². The molecule has 1 fully saturated rings. The third-order valence-corrected chi connectivity index (χ3v) is 2.92. The molecule has 1 aromatic rings. The van der Waals surface area contributed by atoms with Crippen LogP contribution in [0.1, 0.15) is 17.2 Å². The predicted octanol–water partition coefficient (Wildman–Crippen LogP) is 1.40. The van der Waals surface area contributed by atoms with Crippen molar-refractivity contribution in [1.29, 1.82) is 0 Å². The van der Waals surface area contributed by atoms with Gasteiger partial charge < -0.3 is 16.0 Å². The van der Waals surface area contributed by atoms with Crippen LogP contribution < -0.4 is 11.1 Å². The number of halogens is 2. The number of nitrogens with two attached hydrogens (primary N) is 1. The maximum Gasteiger partial charge on any atom is 0.317 e. The molecule has 0 saturated carbocycles. The van der Waals surface area contributed by atoms with Crippen molar-refractivity contribution < 1.29 is 9.18 Å². The van der Waals surface area contributed by atoms with Gasteiger partial charge in [-0.1, -0.05) is 6.07 Å². The van der Waals surface area contributed by atoms with E-state index in [-0.39, 0.29) is 30.3 Å². The zero-order valence-electron chi connectivity index (χ0n) is 9.44. The van der Waals surface area contributed by atoms with Crippen LogP contribution in [0.15, 0.2) is 18.2 Å². The van der Waals surface area contributed by atoms with Gasteiger partial charge in [-0.05, 0) is 23.3 Å². The largest absolute Gasteiger partial charge is 0.336 e. The zero-order valence-corrected chi connectivity index (χ0v) is 10.3. The molecule has 0 spiro atoms. The number of amides is 2. The molecule has 1 aliphatic heterocycles. The molecule has 0 aliphatic carbocycles. The number of nitrogens with one attached hydrogen (secondary N) is 1. The Morgan fingerprint density at radius 2 is 2.29 bits per heavy atom. The fraction of sp³-hybridized carbons (Fsp3) is 0.364. The number of hydrogen-bond acceptors (Lipinski definition) is 2. The minimum Gasteiger partial charge on any atom is -0.336 e. The first-order valence-electron chi connectivity index (χ1n) is 5.12. The van der Waals surface area contributed by atoms with Gasteiger partial charge >= 0.3 is 6.03 Å². The average Bonchev–Trinajstić information content (AvgIpc) is 2.60. The molecular formula is C11H15ClFN3O. The van der Waals surface area contributed by atoms with Crippen LogP contribution in [0.4, 0.5) is 9.18 Å². The van der Waals surface area contributed by atoms with Crippen molar-refractivity contribution in [3.05, 3.63) is 35.1 Å². The first-order chi connectivity index (χ1) is 7.63. The Bertz CT molecular complexity index is 427. The lowest BCUT2D eigenvalue weighted by Crippen LogP contribution is -2.26. The number of likely N-dealkylation sites (N-methyl/N-ethyl adjacent to an activating group) is 1. The number of rotatable bonds is 2. The zero-order chi connectivity index (χ0) is 11.7. The van der Waals surface area contributed by atoms with Crippen molar-refractivity contribution in [2.45, 2.75) is 12.6 Å². The fourth-order valence-corrected chi connectivity index (χ4v) is 1.97. The normalized spacial score (nSPS) is 18.9. The van der Waals surface area contributed by atoms with E-state index in [2.05, 4.69) is 5.32 Å². The molecule has 94 valence electrons. The van der Waals surface area contributed by atoms with E-state index in [1.54, 1.807) is 18.0 Å². The Hall–Kier alpha value is -1.33. The van der Waals surface area contributed by atoms with E-state index in [0.29, 0.717) is 13.1 Å². The summed E-state index contributed by atoms with van der Waals surface area (Å²) in [6.45, 7) is 0.833. The highest BCUT2D eigenvalue weighted by molar-refractivity contribution is 5.85. The van der Waals surface area contributed by atoms with Crippen LogP contribution in [0.5, 0.6) is 0 Å². The Labute approximate surface area is 105 Å². The highest BCUT2D eigenvalue weighted by Gasteiger charge is 2.29. The van der Waals surface area contributed by atoms with Crippen LogP contribution in [-0.2, 0) is 6.54 Å². The molecule has 1 heterocycles. The summed E-state index contributed by atoms with van der Waals surface area (Å²) in [6.07, 6.45) is 0. The van der Waals surface area contributed by atoms with Gasteiger partial charge in [0.15, 0.2) is 0 Å². The second-order valence-electron chi connectivity index (χ2n) is 3.86. The maximum atomic E-state index is 13.2. The molecule has 0 bridgehead atoms. The number of carbonyl (C=O) groups excluding carboxylic acids is 1. The van der Waals surface area contributed by atoms with Gasteiger partial charge in [0.1, 0.15) is 5.82 Å². The number of urea groups is 1. The second kappa shape index (κ2) is 5.33. The van der Waals surface area contributed by atoms with Gasteiger partial charge in [-0.2, -0.15) is 0 Å². The summed E-state index contributed by atoms with van der Waals surface area (Å²) in [5.74, 6) is -0.306. The predicted molar refractivity (Wildman–Crippen MR) is 65.4 cm³/mol. The van der Waals surface area contributed by atoms with Gasteiger partial charge in [0, 0.05) is 20.1 Å². The lowest BCUT2D eigenvalue weighted by Gasteiger charge is -2.20. The molecule has 2 rings (SSSR count). The Kier molecular flexibility index (Phi) is 4.31. The summed E-state index contributed by atoms with van der Waals surface area (Å²) in [7, 11) is 1.69. The van der Waals surface area contributed by atoms with Gasteiger partial charge in [0.2, 0.25) is 0 Å². The molecular weight excluding hydrogens is 245 g/mol. The molecule has 1 atom stereocenters. The van der Waals surface area contributed by atoms with Gasteiger partial charge in [0.05, 0.1) is 6.04 Å². The van der Waals surface area contributed by atoms with Crippen molar-refractivity contribution in [3.8, 4) is 0 Å². The van der Waals surface area contributed by atoms with Crippen molar-refractivity contribution >= 4 is 18.4 Å². The highest BCUT2D eigenvalue weighted by atomic mass is 35.5. The van der Waals surface area contributed by atoms with Crippen molar-refractivity contribution in [1.82, 2.24) is 10.2 Å². The Balaban J connectivity index is 0.00000144. The van der Waals surface area contributed by atoms with Gasteiger partial charge in [0.25, 0.3) is 0 Å². The van der Waals surface area contributed by atoms with Crippen LogP contribution in [0.2, 0.25) is 0 Å². The number of hydrogen-bond donors (Lipinski definition) is 2. The lowest BCUT2D eigenvalue weighted by atomic mass is 10.00. The van der Waals surface area contributed by atoms with Crippen LogP contribution in [0.3, 0.4) is 0 Å². The van der Waals surface area contributed by atoms with E-state index in [1.807, 2.05) is 0 Å². The van der Waals surface area contributed by atoms with Gasteiger partial charge in [-0.3, -0.25) is 0 Å². The Morgan fingerprint density at radius 3 is 2.82 bits per heavy atom. The van der Waals surface area contributed by atoms with Gasteiger partial charge in [-0.25, -0.2) is 9.18 Å². The third-order valence-electron chi connectivity index (χ3n) is 2.92. The minimum atomic E-state index is -0.306. The van der Waals surface area contributed by atoms with E-state index in [1.165, 1.54) is 12.1 Å². The van der Waals surface area contributed by atoms with E-state index in [0.717, 1.165) is 11.1 Å². The van der Waals surface area contributed by atoms with Crippen LogP contribution in [0.25, 0.3) is 0 Å². The molecule has 0 aromatic heterocycles. The van der Waals surface area contributed by atoms with E-state index in [9.17, 15) is 9.18 Å². The lowest BCUT2D eigenvalue weighted by molar-refractivity contribution is 0.216. The SMILES string of the molecule is CN1C(=O)NCC1c1cc(F)ccc1CN.Cl. The molecule has 1 aromatic carbocycles. The number of nitrogens with zero attached hydrogens (tertiary/aromatic N) is 1. The van der Waals surface area contributed by atoms with Crippen LogP contribution >= 0.6 is 12.4 Å². The monoisotopic (exact) mass is 259 g/mol. The molecule has 1 aliphatic rings. The standard InChI is InChI=1S/C11H14FN3O.ClH/c1-15-10(6-14-11(15)16)9-4-8(12)3-2-7(9)5-13;/h2-4,10H,5-6,13H2,1H3,(H,14,16);1H. The molecule has 6 heteroatoms. The molecule has 2 amide bonds. The average molecular weight is 260 g/mol. The third kappa shape index (κ3) is 2.50. The highest BCUT2D eigenvalue weighted by Crippen LogP contribution is 2.26. The summed E-state index contributed by atoms with van der Waals surface area (Å²) in [5.41, 5.74) is 7.25. The molecule has 0 radical (unpaired) electrons. The van der Waals surface area contributed by atoms with E-state index >= 15 is 0 Å². The van der Waals surface area contributed by atoms with Crippen LogP contribution in [0, 0.1) is 5.82 Å². The minimum absolute atomic E-state index is 0. The van der Waals surface area contributed by atoms with Crippen molar-refractivity contribution in [2.75, 3.05) is 13.6 Å². The van der Waals surface area contributed by atoms with E-state index < -0.39 is 0 Å². The van der Waals surface area contributed by atoms with Crippen molar-refractivity contribution in [2.24, 2.45) is 5.73 Å². The molecule has 1 unspecified atom stereocenters. The topological polar surface area (TPSA) is 58.4 Å². The Morgan fingerprint density at radius 1 is 1.59 bits per heavy atom. The molecule has 4 nitrogen and oxygen atoms in total. The first kappa shape index (κ1) is 13.7. The molecule has 3 N–H and O–H groups in total. The summed E-state index contributed by atoms with van der Waals surface area (Å²) in [5, 5.41) is 2.71. The second-order valence-corrected chi connectivity index (χ2v) is 3.86. The number of carbonyl (C=O) groups is 1. The number of benzene rings is 1.